The molecule has 0 saturated carbocycles. The second-order valence-corrected chi connectivity index (χ2v) is 5.83. The largest absolute Gasteiger partial charge is 0.550 e. The van der Waals surface area contributed by atoms with Crippen LogP contribution in [-0.2, 0) is 9.59 Å². The first-order valence-electron chi connectivity index (χ1n) is 8.63. The molecule has 4 nitrogen and oxygen atoms in total. The van der Waals surface area contributed by atoms with Gasteiger partial charge in [0.2, 0.25) is 0 Å². The molecule has 0 aliphatic heterocycles. The van der Waals surface area contributed by atoms with Crippen LogP contribution in [0.25, 0.3) is 0 Å². The van der Waals surface area contributed by atoms with Gasteiger partial charge in [-0.05, 0) is 32.1 Å². The fraction of sp³-hybridized carbons (Fsp3) is 0.778. The summed E-state index contributed by atoms with van der Waals surface area (Å²) in [5.74, 6) is -1.10. The number of aliphatic carboxylic acids is 1. The molecule has 4 heteroatoms. The molecule has 0 rings (SSSR count). The zero-order valence-corrected chi connectivity index (χ0v) is 13.9. The topological polar surface area (TPSA) is 77.4 Å². The molecule has 22 heavy (non-hydrogen) atoms. The van der Waals surface area contributed by atoms with Crippen LogP contribution in [0.15, 0.2) is 12.2 Å². The molecule has 0 radical (unpaired) electrons. The second kappa shape index (κ2) is 14.8. The number of carbonyl (C=O) groups excluding carboxylic acids is 2. The van der Waals surface area contributed by atoms with Crippen molar-refractivity contribution in [2.24, 2.45) is 0 Å². The third-order valence-corrected chi connectivity index (χ3v) is 3.69. The number of allylic oxidation sites excluding steroid dienone is 2. The Morgan fingerprint density at radius 2 is 1.68 bits per heavy atom. The molecule has 0 amide bonds. The van der Waals surface area contributed by atoms with E-state index < -0.39 is 12.1 Å². The van der Waals surface area contributed by atoms with Crippen LogP contribution in [0.5, 0.6) is 0 Å². The van der Waals surface area contributed by atoms with Gasteiger partial charge in [0.05, 0.1) is 0 Å². The number of rotatable bonds is 15. The maximum Gasteiger partial charge on any atom is 0.164 e. The molecular formula is C18H31O4-. The highest BCUT2D eigenvalue weighted by molar-refractivity contribution is 5.84. The first kappa shape index (κ1) is 20.8. The van der Waals surface area contributed by atoms with Gasteiger partial charge in [-0.2, -0.15) is 0 Å². The molecule has 0 aromatic rings. The predicted octanol–water partition coefficient (Wildman–Crippen LogP) is 2.92. The summed E-state index contributed by atoms with van der Waals surface area (Å²) in [7, 11) is 0. The Morgan fingerprint density at radius 3 is 2.36 bits per heavy atom. The third kappa shape index (κ3) is 13.8. The quantitative estimate of drug-likeness (QED) is 0.372. The van der Waals surface area contributed by atoms with E-state index >= 15 is 0 Å². The Balaban J connectivity index is 3.51. The minimum absolute atomic E-state index is 0.108. The summed E-state index contributed by atoms with van der Waals surface area (Å²) in [6.45, 7) is 2.16. The second-order valence-electron chi connectivity index (χ2n) is 5.83. The van der Waals surface area contributed by atoms with Crippen molar-refractivity contribution in [2.75, 3.05) is 0 Å². The third-order valence-electron chi connectivity index (χ3n) is 3.69. The van der Waals surface area contributed by atoms with Crippen LogP contribution < -0.4 is 5.11 Å². The van der Waals surface area contributed by atoms with Crippen molar-refractivity contribution >= 4 is 11.8 Å². The van der Waals surface area contributed by atoms with Crippen LogP contribution >= 0.6 is 0 Å². The first-order valence-corrected chi connectivity index (χ1v) is 8.63. The molecule has 0 aromatic carbocycles. The number of carboxylic acids is 1. The lowest BCUT2D eigenvalue weighted by Gasteiger charge is -2.08. The maximum atomic E-state index is 11.7. The van der Waals surface area contributed by atoms with Gasteiger partial charge in [0, 0.05) is 12.4 Å². The van der Waals surface area contributed by atoms with Crippen LogP contribution in [0.2, 0.25) is 0 Å². The van der Waals surface area contributed by atoms with Gasteiger partial charge in [0.25, 0.3) is 0 Å². The predicted molar refractivity (Wildman–Crippen MR) is 86.2 cm³/mol. The summed E-state index contributed by atoms with van der Waals surface area (Å²) in [5, 5.41) is 20.0. The van der Waals surface area contributed by atoms with Crippen LogP contribution in [0.4, 0.5) is 0 Å². The van der Waals surface area contributed by atoms with E-state index in [0.717, 1.165) is 38.5 Å². The van der Waals surface area contributed by atoms with Gasteiger partial charge in [0.15, 0.2) is 5.78 Å². The van der Waals surface area contributed by atoms with Gasteiger partial charge < -0.3 is 15.0 Å². The number of carboxylic acid groups (broad SMARTS) is 1. The van der Waals surface area contributed by atoms with E-state index in [0.29, 0.717) is 19.3 Å². The van der Waals surface area contributed by atoms with Crippen LogP contribution in [0.3, 0.4) is 0 Å². The molecular weight excluding hydrogens is 280 g/mol. The van der Waals surface area contributed by atoms with Crippen molar-refractivity contribution < 1.29 is 19.8 Å². The van der Waals surface area contributed by atoms with Crippen LogP contribution in [-0.4, -0.2) is 23.0 Å². The Hall–Kier alpha value is -1.16. The summed E-state index contributed by atoms with van der Waals surface area (Å²) in [5.41, 5.74) is 0. The molecule has 128 valence electrons. The SMILES string of the molecule is CCCCC/C=C\CC(=O)C(O)CCCCCCCC(=O)[O-]. The van der Waals surface area contributed by atoms with Crippen molar-refractivity contribution in [2.45, 2.75) is 90.1 Å². The monoisotopic (exact) mass is 311 g/mol. The number of aliphatic hydroxyl groups is 1. The van der Waals surface area contributed by atoms with E-state index in [2.05, 4.69) is 6.92 Å². The summed E-state index contributed by atoms with van der Waals surface area (Å²) < 4.78 is 0. The normalized spacial score (nSPS) is 12.6. The average Bonchev–Trinajstić information content (AvgIpc) is 2.49. The molecule has 0 aromatic heterocycles. The Bertz CT molecular complexity index is 323. The average molecular weight is 311 g/mol. The lowest BCUT2D eigenvalue weighted by atomic mass is 10.0. The van der Waals surface area contributed by atoms with Gasteiger partial charge in [-0.25, -0.2) is 0 Å². The zero-order chi connectivity index (χ0) is 16.6. The number of carbonyl (C=O) groups is 2. The molecule has 1 atom stereocenters. The lowest BCUT2D eigenvalue weighted by Crippen LogP contribution is -2.21. The number of Topliss-reactive ketones (excluding diaryl/α,β-unsaturated/α-hetero) is 1. The van der Waals surface area contributed by atoms with Crippen LogP contribution in [0.1, 0.15) is 84.0 Å². The van der Waals surface area contributed by atoms with Crippen molar-refractivity contribution in [3.05, 3.63) is 12.2 Å². The standard InChI is InChI=1S/C18H32O4/c1-2-3-4-5-7-10-13-16(19)17(20)14-11-8-6-9-12-15-18(21)22/h7,10,17,20H,2-6,8-9,11-15H2,1H3,(H,21,22)/p-1/b10-7-. The minimum atomic E-state index is -0.997. The van der Waals surface area contributed by atoms with Gasteiger partial charge in [-0.3, -0.25) is 4.79 Å². The summed E-state index contributed by atoms with van der Waals surface area (Å²) in [6.07, 6.45) is 12.7. The van der Waals surface area contributed by atoms with Crippen LogP contribution in [0, 0.1) is 0 Å². The van der Waals surface area contributed by atoms with Gasteiger partial charge in [-0.1, -0.05) is 57.6 Å². The molecule has 1 N–H and O–H groups in total. The molecule has 0 fully saturated rings. The van der Waals surface area contributed by atoms with Gasteiger partial charge >= 0.3 is 0 Å². The van der Waals surface area contributed by atoms with E-state index in [1.54, 1.807) is 0 Å². The highest BCUT2D eigenvalue weighted by Gasteiger charge is 2.12. The highest BCUT2D eigenvalue weighted by Crippen LogP contribution is 2.10. The van der Waals surface area contributed by atoms with Gasteiger partial charge in [0.1, 0.15) is 6.10 Å². The fourth-order valence-electron chi connectivity index (χ4n) is 2.26. The lowest BCUT2D eigenvalue weighted by molar-refractivity contribution is -0.305. The maximum absolute atomic E-state index is 11.7. The zero-order valence-electron chi connectivity index (χ0n) is 13.9. The smallest absolute Gasteiger partial charge is 0.164 e. The number of unbranched alkanes of at least 4 members (excludes halogenated alkanes) is 7. The van der Waals surface area contributed by atoms with Crippen molar-refractivity contribution in [1.29, 1.82) is 0 Å². The van der Waals surface area contributed by atoms with Crippen molar-refractivity contribution in [3.8, 4) is 0 Å². The molecule has 0 saturated heterocycles. The van der Waals surface area contributed by atoms with E-state index in [1.165, 1.54) is 12.8 Å². The van der Waals surface area contributed by atoms with Crippen molar-refractivity contribution in [3.63, 3.8) is 0 Å². The Labute approximate surface area is 134 Å². The highest BCUT2D eigenvalue weighted by atomic mass is 16.4. The van der Waals surface area contributed by atoms with E-state index in [4.69, 9.17) is 0 Å². The molecule has 0 aliphatic carbocycles. The number of ketones is 1. The van der Waals surface area contributed by atoms with Gasteiger partial charge in [-0.15, -0.1) is 0 Å². The van der Waals surface area contributed by atoms with E-state index in [9.17, 15) is 19.8 Å². The Kier molecular flexibility index (Phi) is 14.0. The first-order chi connectivity index (χ1) is 10.6. The summed E-state index contributed by atoms with van der Waals surface area (Å²) >= 11 is 0. The molecule has 0 heterocycles. The van der Waals surface area contributed by atoms with E-state index in [1.807, 2.05) is 12.2 Å². The molecule has 0 aliphatic rings. The summed E-state index contributed by atoms with van der Waals surface area (Å²) in [4.78, 5) is 21.9. The Morgan fingerprint density at radius 1 is 1.00 bits per heavy atom. The van der Waals surface area contributed by atoms with E-state index in [-0.39, 0.29) is 12.2 Å². The van der Waals surface area contributed by atoms with Crippen molar-refractivity contribution in [1.82, 2.24) is 0 Å². The number of aliphatic hydroxyl groups excluding tert-OH is 1. The molecule has 1 unspecified atom stereocenters. The number of hydrogen-bond acceptors (Lipinski definition) is 4. The fourth-order valence-corrected chi connectivity index (χ4v) is 2.26. The molecule has 0 bridgehead atoms. The minimum Gasteiger partial charge on any atom is -0.550 e. The molecule has 0 spiro atoms. The number of hydrogen-bond donors (Lipinski definition) is 1. The summed E-state index contributed by atoms with van der Waals surface area (Å²) in [6, 6.07) is 0.